The van der Waals surface area contributed by atoms with Crippen molar-refractivity contribution >= 4 is 35.0 Å². The number of allylic oxidation sites excluding steroid dienone is 2. The fourth-order valence-corrected chi connectivity index (χ4v) is 2.98. The highest BCUT2D eigenvalue weighted by Gasteiger charge is 2.21. The van der Waals surface area contributed by atoms with E-state index in [-0.39, 0.29) is 5.78 Å². The second-order valence-electron chi connectivity index (χ2n) is 2.75. The van der Waals surface area contributed by atoms with Crippen molar-refractivity contribution < 1.29 is 4.79 Å². The van der Waals surface area contributed by atoms with Gasteiger partial charge in [-0.1, -0.05) is 18.7 Å². The van der Waals surface area contributed by atoms with Gasteiger partial charge >= 0.3 is 0 Å². The zero-order chi connectivity index (χ0) is 9.42. The van der Waals surface area contributed by atoms with Crippen LogP contribution in [0.1, 0.15) is 15.9 Å². The molecule has 13 heavy (non-hydrogen) atoms. The van der Waals surface area contributed by atoms with Crippen LogP contribution in [-0.4, -0.2) is 12.0 Å². The van der Waals surface area contributed by atoms with Crippen LogP contribution in [0.2, 0.25) is 0 Å². The first-order valence-electron chi connectivity index (χ1n) is 3.81. The lowest BCUT2D eigenvalue weighted by Crippen LogP contribution is -2.05. The highest BCUT2D eigenvalue weighted by molar-refractivity contribution is 8.00. The monoisotopic (exact) mass is 208 g/mol. The lowest BCUT2D eigenvalue weighted by molar-refractivity contribution is 0.103. The van der Waals surface area contributed by atoms with Crippen LogP contribution in [0.15, 0.2) is 27.8 Å². The smallest absolute Gasteiger partial charge is 0.195 e. The minimum absolute atomic E-state index is 0.0723. The standard InChI is InChI=1S/C10H8OS2/c1-6-3-4-7-5-13-10(12-2)8(7)9(6)11/h3-5H,1H2,2H3. The van der Waals surface area contributed by atoms with Gasteiger partial charge < -0.3 is 0 Å². The van der Waals surface area contributed by atoms with Crippen molar-refractivity contribution in [3.8, 4) is 0 Å². The van der Waals surface area contributed by atoms with Gasteiger partial charge in [0.15, 0.2) is 5.78 Å². The quantitative estimate of drug-likeness (QED) is 0.520. The SMILES string of the molecule is C=C1C=Cc2csc(SC)c2C1=O. The number of rotatable bonds is 1. The number of fused-ring (bicyclic) bond motifs is 1. The molecule has 0 bridgehead atoms. The van der Waals surface area contributed by atoms with Crippen molar-refractivity contribution in [1.29, 1.82) is 0 Å². The Balaban J connectivity index is 2.63. The third kappa shape index (κ3) is 1.28. The van der Waals surface area contributed by atoms with E-state index >= 15 is 0 Å². The molecule has 0 unspecified atom stereocenters. The molecule has 0 atom stereocenters. The van der Waals surface area contributed by atoms with Crippen LogP contribution in [0.5, 0.6) is 0 Å². The maximum Gasteiger partial charge on any atom is 0.195 e. The molecule has 2 rings (SSSR count). The van der Waals surface area contributed by atoms with Crippen LogP contribution >= 0.6 is 23.1 Å². The van der Waals surface area contributed by atoms with Crippen LogP contribution in [0, 0.1) is 0 Å². The molecule has 66 valence electrons. The van der Waals surface area contributed by atoms with E-state index in [0.29, 0.717) is 5.57 Å². The normalized spacial score (nSPS) is 14.8. The van der Waals surface area contributed by atoms with Gasteiger partial charge in [-0.2, -0.15) is 0 Å². The van der Waals surface area contributed by atoms with Gasteiger partial charge in [0, 0.05) is 5.57 Å². The van der Waals surface area contributed by atoms with Gasteiger partial charge in [-0.15, -0.1) is 23.1 Å². The van der Waals surface area contributed by atoms with E-state index in [2.05, 4.69) is 6.58 Å². The van der Waals surface area contributed by atoms with E-state index in [1.165, 1.54) is 0 Å². The number of thioether (sulfide) groups is 1. The predicted molar refractivity (Wildman–Crippen MR) is 58.6 cm³/mol. The topological polar surface area (TPSA) is 17.1 Å². The lowest BCUT2D eigenvalue weighted by Gasteiger charge is -2.07. The largest absolute Gasteiger partial charge is 0.289 e. The fraction of sp³-hybridized carbons (Fsp3) is 0.100. The Morgan fingerprint density at radius 3 is 2.92 bits per heavy atom. The maximum absolute atomic E-state index is 11.7. The van der Waals surface area contributed by atoms with Crippen LogP contribution in [0.25, 0.3) is 6.08 Å². The van der Waals surface area contributed by atoms with Crippen LogP contribution in [0.3, 0.4) is 0 Å². The van der Waals surface area contributed by atoms with Crippen molar-refractivity contribution in [3.63, 3.8) is 0 Å². The summed E-state index contributed by atoms with van der Waals surface area (Å²) in [6.07, 6.45) is 5.72. The van der Waals surface area contributed by atoms with Crippen molar-refractivity contribution in [2.24, 2.45) is 0 Å². The number of hydrogen-bond acceptors (Lipinski definition) is 3. The van der Waals surface area contributed by atoms with Gasteiger partial charge in [0.2, 0.25) is 0 Å². The molecule has 0 radical (unpaired) electrons. The number of Topliss-reactive ketones (excluding diaryl/α,β-unsaturated/α-hetero) is 1. The first kappa shape index (κ1) is 8.78. The molecule has 0 saturated heterocycles. The van der Waals surface area contributed by atoms with Crippen molar-refractivity contribution in [2.75, 3.05) is 6.26 Å². The first-order valence-corrected chi connectivity index (χ1v) is 5.91. The highest BCUT2D eigenvalue weighted by Crippen LogP contribution is 2.35. The van der Waals surface area contributed by atoms with Crippen molar-refractivity contribution in [2.45, 2.75) is 4.21 Å². The zero-order valence-corrected chi connectivity index (χ0v) is 8.80. The van der Waals surface area contributed by atoms with E-state index in [1.807, 2.05) is 17.7 Å². The van der Waals surface area contributed by atoms with Crippen LogP contribution in [0.4, 0.5) is 0 Å². The van der Waals surface area contributed by atoms with E-state index in [1.54, 1.807) is 29.2 Å². The molecule has 0 amide bonds. The first-order chi connectivity index (χ1) is 6.24. The van der Waals surface area contributed by atoms with Crippen molar-refractivity contribution in [1.82, 2.24) is 0 Å². The number of carbonyl (C=O) groups excluding carboxylic acids is 1. The summed E-state index contributed by atoms with van der Waals surface area (Å²) >= 11 is 3.24. The number of ketones is 1. The Morgan fingerprint density at radius 1 is 1.46 bits per heavy atom. The minimum atomic E-state index is 0.0723. The van der Waals surface area contributed by atoms with Crippen LogP contribution < -0.4 is 0 Å². The fourth-order valence-electron chi connectivity index (χ4n) is 1.28. The number of hydrogen-bond donors (Lipinski definition) is 0. The van der Waals surface area contributed by atoms with E-state index in [4.69, 9.17) is 0 Å². The predicted octanol–water partition coefficient (Wildman–Crippen LogP) is 3.24. The third-order valence-corrected chi connectivity index (χ3v) is 4.11. The number of carbonyl (C=O) groups is 1. The Morgan fingerprint density at radius 2 is 2.23 bits per heavy atom. The summed E-state index contributed by atoms with van der Waals surface area (Å²) in [4.78, 5) is 11.7. The summed E-state index contributed by atoms with van der Waals surface area (Å²) < 4.78 is 1.09. The van der Waals surface area contributed by atoms with Gasteiger partial charge in [-0.05, 0) is 17.2 Å². The summed E-state index contributed by atoms with van der Waals surface area (Å²) in [5.74, 6) is 0.0723. The molecule has 0 saturated carbocycles. The van der Waals surface area contributed by atoms with E-state index in [9.17, 15) is 4.79 Å². The van der Waals surface area contributed by atoms with Gasteiger partial charge in [0.05, 0.1) is 9.77 Å². The van der Waals surface area contributed by atoms with Crippen molar-refractivity contribution in [3.05, 3.63) is 34.7 Å². The highest BCUT2D eigenvalue weighted by atomic mass is 32.2. The molecule has 1 aromatic rings. The Hall–Kier alpha value is -0.800. The Kier molecular flexibility index (Phi) is 2.14. The van der Waals surface area contributed by atoms with Gasteiger partial charge in [0.1, 0.15) is 0 Å². The van der Waals surface area contributed by atoms with Gasteiger partial charge in [-0.25, -0.2) is 0 Å². The molecule has 1 nitrogen and oxygen atoms in total. The zero-order valence-electron chi connectivity index (χ0n) is 7.16. The van der Waals surface area contributed by atoms with Gasteiger partial charge in [-0.3, -0.25) is 4.79 Å². The van der Waals surface area contributed by atoms with Crippen LogP contribution in [-0.2, 0) is 0 Å². The molecule has 1 aromatic heterocycles. The van der Waals surface area contributed by atoms with Gasteiger partial charge in [0.25, 0.3) is 0 Å². The maximum atomic E-state index is 11.7. The molecule has 1 aliphatic carbocycles. The molecule has 0 aromatic carbocycles. The second kappa shape index (κ2) is 3.16. The lowest BCUT2D eigenvalue weighted by atomic mass is 9.98. The molecule has 3 heteroatoms. The molecule has 0 spiro atoms. The van der Waals surface area contributed by atoms with E-state index < -0.39 is 0 Å². The molecule has 0 aliphatic heterocycles. The molecular weight excluding hydrogens is 200 g/mol. The van der Waals surface area contributed by atoms with E-state index in [0.717, 1.165) is 15.3 Å². The molecule has 0 N–H and O–H groups in total. The summed E-state index contributed by atoms with van der Waals surface area (Å²) in [7, 11) is 0. The molecule has 1 aliphatic rings. The average molecular weight is 208 g/mol. The summed E-state index contributed by atoms with van der Waals surface area (Å²) in [5, 5.41) is 2.02. The molecule has 0 fully saturated rings. The Labute approximate surface area is 85.2 Å². The second-order valence-corrected chi connectivity index (χ2v) is 4.70. The minimum Gasteiger partial charge on any atom is -0.289 e. The Bertz CT molecular complexity index is 413. The third-order valence-electron chi connectivity index (χ3n) is 1.95. The summed E-state index contributed by atoms with van der Waals surface area (Å²) in [5.41, 5.74) is 2.46. The molecular formula is C10H8OS2. The number of thiophene rings is 1. The molecule has 1 heterocycles. The summed E-state index contributed by atoms with van der Waals surface area (Å²) in [6, 6.07) is 0. The summed E-state index contributed by atoms with van der Waals surface area (Å²) in [6.45, 7) is 3.71. The average Bonchev–Trinajstić information content (AvgIpc) is 2.55.